The van der Waals surface area contributed by atoms with Gasteiger partial charge in [-0.15, -0.1) is 0 Å². The zero-order valence-electron chi connectivity index (χ0n) is 22.0. The zero-order chi connectivity index (χ0) is 26.1. The molecule has 0 amide bonds. The highest BCUT2D eigenvalue weighted by Gasteiger charge is 2.17. The number of carbonyl (C=O) groups is 2. The molecule has 0 saturated carbocycles. The molecule has 0 aliphatic heterocycles. The quantitative estimate of drug-likeness (QED) is 0.206. The van der Waals surface area contributed by atoms with Crippen molar-refractivity contribution in [3.63, 3.8) is 0 Å². The smallest absolute Gasteiger partial charge is 0.343 e. The third-order valence-electron chi connectivity index (χ3n) is 6.79. The number of aryl methyl sites for hydroxylation is 2. The average molecular weight is 487 g/mol. The van der Waals surface area contributed by atoms with E-state index in [9.17, 15) is 14.7 Å². The van der Waals surface area contributed by atoms with E-state index in [-0.39, 0.29) is 11.9 Å². The number of carbonyl (C=O) groups excluding carboxylic acids is 1. The average Bonchev–Trinajstić information content (AvgIpc) is 2.90. The van der Waals surface area contributed by atoms with Gasteiger partial charge in [-0.1, -0.05) is 77.3 Å². The molecule has 0 radical (unpaired) electrons. The molecule has 0 heterocycles. The van der Waals surface area contributed by atoms with Crippen LogP contribution in [0.3, 0.4) is 0 Å². The van der Waals surface area contributed by atoms with E-state index < -0.39 is 5.97 Å². The SMILES string of the molecule is CCCCc1ccc(C(=O)Oc2ccc(-c3ccc(C(=O)O)c(CC)c3)c([C@H](C)CCCC)c2)cc1. The van der Waals surface area contributed by atoms with Crippen LogP contribution in [-0.2, 0) is 12.8 Å². The molecule has 3 aromatic rings. The van der Waals surface area contributed by atoms with Crippen molar-refractivity contribution >= 4 is 11.9 Å². The van der Waals surface area contributed by atoms with Crippen molar-refractivity contribution in [2.75, 3.05) is 0 Å². The molecule has 0 aromatic heterocycles. The number of rotatable bonds is 12. The second-order valence-corrected chi connectivity index (χ2v) is 9.51. The van der Waals surface area contributed by atoms with Crippen molar-refractivity contribution in [3.05, 3.63) is 88.5 Å². The minimum atomic E-state index is -0.907. The summed E-state index contributed by atoms with van der Waals surface area (Å²) in [5.41, 5.74) is 6.05. The van der Waals surface area contributed by atoms with E-state index in [1.54, 1.807) is 6.07 Å². The first-order valence-electron chi connectivity index (χ1n) is 13.2. The van der Waals surface area contributed by atoms with Gasteiger partial charge in [0.25, 0.3) is 0 Å². The summed E-state index contributed by atoms with van der Waals surface area (Å²) < 4.78 is 5.79. The number of ether oxygens (including phenoxy) is 1. The van der Waals surface area contributed by atoms with Gasteiger partial charge in [-0.2, -0.15) is 0 Å². The van der Waals surface area contributed by atoms with Crippen LogP contribution >= 0.6 is 0 Å². The fraction of sp³-hybridized carbons (Fsp3) is 0.375. The molecule has 0 aliphatic carbocycles. The first-order chi connectivity index (χ1) is 17.4. The lowest BCUT2D eigenvalue weighted by Gasteiger charge is -2.19. The number of hydrogen-bond donors (Lipinski definition) is 1. The Morgan fingerprint density at radius 1 is 0.889 bits per heavy atom. The second kappa shape index (κ2) is 13.1. The van der Waals surface area contributed by atoms with E-state index >= 15 is 0 Å². The Hall–Kier alpha value is -3.40. The van der Waals surface area contributed by atoms with Crippen LogP contribution in [0.2, 0.25) is 0 Å². The molecule has 190 valence electrons. The molecule has 1 atom stereocenters. The normalized spacial score (nSPS) is 11.8. The van der Waals surface area contributed by atoms with Crippen LogP contribution in [-0.4, -0.2) is 17.0 Å². The van der Waals surface area contributed by atoms with Crippen LogP contribution in [0.4, 0.5) is 0 Å². The standard InChI is InChI=1S/C32H38O4/c1-5-8-10-22(4)30-21-27(36-32(35)25-14-12-23(13-15-25)11-9-6-2)17-19-28(30)26-16-18-29(31(33)34)24(7-3)20-26/h12-22H,5-11H2,1-4H3,(H,33,34)/t22-/m1/s1. The van der Waals surface area contributed by atoms with Gasteiger partial charge in [0.05, 0.1) is 11.1 Å². The molecule has 4 heteroatoms. The molecule has 0 fully saturated rings. The van der Waals surface area contributed by atoms with Crippen molar-refractivity contribution in [2.45, 2.75) is 78.6 Å². The molecule has 0 spiro atoms. The van der Waals surface area contributed by atoms with Crippen molar-refractivity contribution in [2.24, 2.45) is 0 Å². The fourth-order valence-electron chi connectivity index (χ4n) is 4.56. The second-order valence-electron chi connectivity index (χ2n) is 9.51. The number of unbranched alkanes of at least 4 members (excludes halogenated alkanes) is 2. The lowest BCUT2D eigenvalue weighted by molar-refractivity contribution is 0.0693. The summed E-state index contributed by atoms with van der Waals surface area (Å²) in [5.74, 6) is -0.484. The minimum absolute atomic E-state index is 0.265. The van der Waals surface area contributed by atoms with Gasteiger partial charge < -0.3 is 9.84 Å². The number of carboxylic acid groups (broad SMARTS) is 1. The molecule has 3 aromatic carbocycles. The zero-order valence-corrected chi connectivity index (χ0v) is 22.0. The van der Waals surface area contributed by atoms with E-state index in [4.69, 9.17) is 4.74 Å². The first-order valence-corrected chi connectivity index (χ1v) is 13.2. The van der Waals surface area contributed by atoms with Crippen LogP contribution in [0.5, 0.6) is 5.75 Å². The van der Waals surface area contributed by atoms with Gasteiger partial charge in [-0.25, -0.2) is 9.59 Å². The summed E-state index contributed by atoms with van der Waals surface area (Å²) >= 11 is 0. The molecule has 0 bridgehead atoms. The lowest BCUT2D eigenvalue weighted by atomic mass is 9.87. The highest BCUT2D eigenvalue weighted by atomic mass is 16.5. The van der Waals surface area contributed by atoms with Gasteiger partial charge in [0.1, 0.15) is 5.75 Å². The summed E-state index contributed by atoms with van der Waals surface area (Å²) in [5, 5.41) is 9.52. The molecular weight excluding hydrogens is 448 g/mol. The summed E-state index contributed by atoms with van der Waals surface area (Å²) in [6.45, 7) is 8.51. The molecule has 0 unspecified atom stereocenters. The molecule has 1 N–H and O–H groups in total. The van der Waals surface area contributed by atoms with E-state index in [1.807, 2.05) is 61.5 Å². The summed E-state index contributed by atoms with van der Waals surface area (Å²) in [6.07, 6.45) is 7.16. The van der Waals surface area contributed by atoms with Gasteiger partial charge in [0.2, 0.25) is 0 Å². The topological polar surface area (TPSA) is 63.6 Å². The van der Waals surface area contributed by atoms with Crippen LogP contribution < -0.4 is 4.74 Å². The Morgan fingerprint density at radius 3 is 2.25 bits per heavy atom. The molecule has 4 nitrogen and oxygen atoms in total. The van der Waals surface area contributed by atoms with Gasteiger partial charge in [0, 0.05) is 0 Å². The Balaban J connectivity index is 1.91. The van der Waals surface area contributed by atoms with Gasteiger partial charge in [-0.3, -0.25) is 0 Å². The Kier molecular flexibility index (Phi) is 9.86. The van der Waals surface area contributed by atoms with Crippen molar-refractivity contribution in [3.8, 4) is 16.9 Å². The largest absolute Gasteiger partial charge is 0.478 e. The lowest BCUT2D eigenvalue weighted by Crippen LogP contribution is -2.09. The van der Waals surface area contributed by atoms with Crippen LogP contribution in [0.25, 0.3) is 11.1 Å². The Labute approximate surface area is 215 Å². The predicted octanol–water partition coefficient (Wildman–Crippen LogP) is 8.47. The maximum absolute atomic E-state index is 12.9. The number of carboxylic acids is 1. The van der Waals surface area contributed by atoms with Gasteiger partial charge in [-0.05, 0) is 89.8 Å². The summed E-state index contributed by atoms with van der Waals surface area (Å²) in [6, 6.07) is 19.0. The number of hydrogen-bond acceptors (Lipinski definition) is 3. The fourth-order valence-corrected chi connectivity index (χ4v) is 4.56. The van der Waals surface area contributed by atoms with E-state index in [0.29, 0.717) is 23.3 Å². The minimum Gasteiger partial charge on any atom is -0.478 e. The molecule has 0 aliphatic rings. The van der Waals surface area contributed by atoms with Crippen molar-refractivity contribution in [1.82, 2.24) is 0 Å². The van der Waals surface area contributed by atoms with E-state index in [0.717, 1.165) is 60.8 Å². The first kappa shape index (κ1) is 27.2. The highest BCUT2D eigenvalue weighted by Crippen LogP contribution is 2.36. The van der Waals surface area contributed by atoms with E-state index in [2.05, 4.69) is 20.8 Å². The maximum atomic E-state index is 12.9. The predicted molar refractivity (Wildman–Crippen MR) is 146 cm³/mol. The third kappa shape index (κ3) is 6.84. The number of aromatic carboxylic acids is 1. The van der Waals surface area contributed by atoms with Crippen molar-refractivity contribution < 1.29 is 19.4 Å². The van der Waals surface area contributed by atoms with Crippen molar-refractivity contribution in [1.29, 1.82) is 0 Å². The maximum Gasteiger partial charge on any atom is 0.343 e. The van der Waals surface area contributed by atoms with Gasteiger partial charge >= 0.3 is 11.9 Å². The van der Waals surface area contributed by atoms with Crippen LogP contribution in [0, 0.1) is 0 Å². The number of esters is 1. The highest BCUT2D eigenvalue weighted by molar-refractivity contribution is 5.92. The Morgan fingerprint density at radius 2 is 1.61 bits per heavy atom. The van der Waals surface area contributed by atoms with Crippen LogP contribution in [0.1, 0.15) is 103 Å². The molecular formula is C32H38O4. The molecule has 0 saturated heterocycles. The molecule has 36 heavy (non-hydrogen) atoms. The monoisotopic (exact) mass is 486 g/mol. The third-order valence-corrected chi connectivity index (χ3v) is 6.79. The Bertz CT molecular complexity index is 1180. The van der Waals surface area contributed by atoms with Gasteiger partial charge in [0.15, 0.2) is 0 Å². The number of benzene rings is 3. The molecule has 3 rings (SSSR count). The van der Waals surface area contributed by atoms with Crippen LogP contribution in [0.15, 0.2) is 60.7 Å². The summed E-state index contributed by atoms with van der Waals surface area (Å²) in [4.78, 5) is 24.5. The summed E-state index contributed by atoms with van der Waals surface area (Å²) in [7, 11) is 0. The van der Waals surface area contributed by atoms with E-state index in [1.165, 1.54) is 5.56 Å².